The fourth-order valence-corrected chi connectivity index (χ4v) is 2.18. The molecule has 1 atom stereocenters. The Hall–Kier alpha value is -1.34. The topological polar surface area (TPSA) is 72.5 Å². The number of nitrogens with one attached hydrogen (secondary N) is 2. The van der Waals surface area contributed by atoms with Crippen molar-refractivity contribution in [2.75, 3.05) is 25.6 Å². The zero-order chi connectivity index (χ0) is 17.3. The molecule has 23 heavy (non-hydrogen) atoms. The summed E-state index contributed by atoms with van der Waals surface area (Å²) in [6, 6.07) is 4.00. The molecule has 0 fully saturated rings. The summed E-state index contributed by atoms with van der Waals surface area (Å²) in [6.07, 6.45) is 3.07. The van der Waals surface area contributed by atoms with Gasteiger partial charge in [0, 0.05) is 19.7 Å². The number of rotatable bonds is 8. The van der Waals surface area contributed by atoms with Gasteiger partial charge in [-0.3, -0.25) is 0 Å². The van der Waals surface area contributed by atoms with Crippen molar-refractivity contribution >= 4 is 27.7 Å². The van der Waals surface area contributed by atoms with Gasteiger partial charge in [0.1, 0.15) is 10.2 Å². The number of anilines is 1. The van der Waals surface area contributed by atoms with Gasteiger partial charge in [0.25, 0.3) is 0 Å². The highest BCUT2D eigenvalue weighted by molar-refractivity contribution is 9.10. The number of carbonyl (C=O) groups excluding carboxylic acids is 1. The third kappa shape index (κ3) is 9.40. The minimum absolute atomic E-state index is 0.156. The van der Waals surface area contributed by atoms with Gasteiger partial charge in [-0.1, -0.05) is 0 Å². The SMILES string of the molecule is COCC(CCCNC(=O)OC(C)(C)C)Nc1ccc(Br)nc1. The summed E-state index contributed by atoms with van der Waals surface area (Å²) >= 11 is 3.31. The van der Waals surface area contributed by atoms with E-state index < -0.39 is 5.60 Å². The van der Waals surface area contributed by atoms with Gasteiger partial charge >= 0.3 is 6.09 Å². The van der Waals surface area contributed by atoms with Crippen LogP contribution in [0, 0.1) is 0 Å². The van der Waals surface area contributed by atoms with Crippen molar-refractivity contribution in [1.82, 2.24) is 10.3 Å². The molecule has 1 amide bonds. The van der Waals surface area contributed by atoms with Crippen LogP contribution in [0.1, 0.15) is 33.6 Å². The maximum atomic E-state index is 11.6. The van der Waals surface area contributed by atoms with E-state index in [1.54, 1.807) is 13.3 Å². The molecule has 1 aromatic rings. The van der Waals surface area contributed by atoms with Crippen LogP contribution in [0.4, 0.5) is 10.5 Å². The average Bonchev–Trinajstić information content (AvgIpc) is 2.44. The average molecular weight is 388 g/mol. The Kier molecular flexibility index (Phi) is 8.33. The second kappa shape index (κ2) is 9.72. The highest BCUT2D eigenvalue weighted by atomic mass is 79.9. The van der Waals surface area contributed by atoms with E-state index in [0.29, 0.717) is 13.2 Å². The first-order chi connectivity index (χ1) is 10.8. The smallest absolute Gasteiger partial charge is 0.407 e. The first-order valence-electron chi connectivity index (χ1n) is 7.64. The Morgan fingerprint density at radius 3 is 2.70 bits per heavy atom. The van der Waals surface area contributed by atoms with Crippen LogP contribution in [-0.2, 0) is 9.47 Å². The van der Waals surface area contributed by atoms with Gasteiger partial charge in [-0.05, 0) is 61.7 Å². The van der Waals surface area contributed by atoms with Crippen LogP contribution in [0.5, 0.6) is 0 Å². The molecule has 2 N–H and O–H groups in total. The Morgan fingerprint density at radius 1 is 1.39 bits per heavy atom. The number of hydrogen-bond donors (Lipinski definition) is 2. The van der Waals surface area contributed by atoms with E-state index in [0.717, 1.165) is 23.1 Å². The van der Waals surface area contributed by atoms with Gasteiger partial charge < -0.3 is 20.1 Å². The van der Waals surface area contributed by atoms with Crippen LogP contribution in [-0.4, -0.2) is 43.0 Å². The fourth-order valence-electron chi connectivity index (χ4n) is 1.95. The van der Waals surface area contributed by atoms with Crippen molar-refractivity contribution < 1.29 is 14.3 Å². The lowest BCUT2D eigenvalue weighted by Crippen LogP contribution is -2.33. The van der Waals surface area contributed by atoms with Gasteiger partial charge in [0.15, 0.2) is 0 Å². The molecule has 7 heteroatoms. The Balaban J connectivity index is 2.33. The van der Waals surface area contributed by atoms with Gasteiger partial charge in [-0.2, -0.15) is 0 Å². The summed E-state index contributed by atoms with van der Waals surface area (Å²) in [5, 5.41) is 6.14. The number of nitrogens with zero attached hydrogens (tertiary/aromatic N) is 1. The zero-order valence-corrected chi connectivity index (χ0v) is 15.8. The number of amides is 1. The van der Waals surface area contributed by atoms with E-state index in [1.807, 2.05) is 32.9 Å². The minimum atomic E-state index is -0.473. The zero-order valence-electron chi connectivity index (χ0n) is 14.2. The summed E-state index contributed by atoms with van der Waals surface area (Å²) in [6.45, 7) is 6.68. The molecule has 0 aliphatic carbocycles. The quantitative estimate of drug-likeness (QED) is 0.526. The Morgan fingerprint density at radius 2 is 2.13 bits per heavy atom. The number of methoxy groups -OCH3 is 1. The number of hydrogen-bond acceptors (Lipinski definition) is 5. The van der Waals surface area contributed by atoms with Crippen molar-refractivity contribution in [2.45, 2.75) is 45.3 Å². The van der Waals surface area contributed by atoms with E-state index in [9.17, 15) is 4.79 Å². The molecular weight excluding hydrogens is 362 g/mol. The summed E-state index contributed by atoms with van der Waals surface area (Å²) < 4.78 is 11.2. The van der Waals surface area contributed by atoms with E-state index in [2.05, 4.69) is 31.5 Å². The van der Waals surface area contributed by atoms with E-state index in [-0.39, 0.29) is 12.1 Å². The summed E-state index contributed by atoms with van der Waals surface area (Å²) in [7, 11) is 1.67. The number of alkyl carbamates (subject to hydrolysis) is 1. The van der Waals surface area contributed by atoms with Crippen LogP contribution < -0.4 is 10.6 Å². The van der Waals surface area contributed by atoms with Crippen molar-refractivity contribution in [1.29, 1.82) is 0 Å². The third-order valence-electron chi connectivity index (χ3n) is 2.86. The molecular formula is C16H26BrN3O3. The predicted molar refractivity (Wildman–Crippen MR) is 94.7 cm³/mol. The van der Waals surface area contributed by atoms with Crippen LogP contribution in [0.2, 0.25) is 0 Å². The van der Waals surface area contributed by atoms with Crippen molar-refractivity contribution in [3.63, 3.8) is 0 Å². The number of aromatic nitrogens is 1. The number of carbonyl (C=O) groups is 1. The van der Waals surface area contributed by atoms with Crippen LogP contribution in [0.25, 0.3) is 0 Å². The van der Waals surface area contributed by atoms with Crippen LogP contribution in [0.15, 0.2) is 22.9 Å². The lowest BCUT2D eigenvalue weighted by atomic mass is 10.1. The molecule has 0 spiro atoms. The number of ether oxygens (including phenoxy) is 2. The summed E-state index contributed by atoms with van der Waals surface area (Å²) in [5.41, 5.74) is 0.467. The molecule has 0 saturated heterocycles. The third-order valence-corrected chi connectivity index (χ3v) is 3.33. The number of halogens is 1. The van der Waals surface area contributed by atoms with E-state index in [4.69, 9.17) is 9.47 Å². The van der Waals surface area contributed by atoms with Crippen LogP contribution in [0.3, 0.4) is 0 Å². The first kappa shape index (κ1) is 19.7. The lowest BCUT2D eigenvalue weighted by Gasteiger charge is -2.21. The minimum Gasteiger partial charge on any atom is -0.444 e. The van der Waals surface area contributed by atoms with Crippen molar-refractivity contribution in [3.05, 3.63) is 22.9 Å². The van der Waals surface area contributed by atoms with E-state index in [1.165, 1.54) is 0 Å². The first-order valence-corrected chi connectivity index (χ1v) is 8.43. The van der Waals surface area contributed by atoms with Crippen LogP contribution >= 0.6 is 15.9 Å². The maximum Gasteiger partial charge on any atom is 0.407 e. The van der Waals surface area contributed by atoms with Crippen molar-refractivity contribution in [3.8, 4) is 0 Å². The fraction of sp³-hybridized carbons (Fsp3) is 0.625. The largest absolute Gasteiger partial charge is 0.444 e. The molecule has 0 aliphatic heterocycles. The normalized spacial score (nSPS) is 12.6. The molecule has 1 aromatic heterocycles. The molecule has 130 valence electrons. The van der Waals surface area contributed by atoms with Gasteiger partial charge in [-0.25, -0.2) is 9.78 Å². The summed E-state index contributed by atoms with van der Waals surface area (Å²) in [5.74, 6) is 0. The molecule has 1 unspecified atom stereocenters. The monoisotopic (exact) mass is 387 g/mol. The molecule has 0 bridgehead atoms. The second-order valence-electron chi connectivity index (χ2n) is 6.24. The molecule has 1 rings (SSSR count). The lowest BCUT2D eigenvalue weighted by molar-refractivity contribution is 0.0526. The van der Waals surface area contributed by atoms with Gasteiger partial charge in [0.2, 0.25) is 0 Å². The highest BCUT2D eigenvalue weighted by Gasteiger charge is 2.15. The predicted octanol–water partition coefficient (Wildman–Crippen LogP) is 3.58. The standard InChI is InChI=1S/C16H26BrN3O3/c1-16(2,3)23-15(21)18-9-5-6-13(11-22-4)20-12-7-8-14(17)19-10-12/h7-8,10,13,20H,5-6,9,11H2,1-4H3,(H,18,21). The molecule has 0 aliphatic rings. The molecule has 0 saturated carbocycles. The molecule has 6 nitrogen and oxygen atoms in total. The maximum absolute atomic E-state index is 11.6. The molecule has 0 radical (unpaired) electrons. The Labute approximate surface area is 146 Å². The Bertz CT molecular complexity index is 474. The van der Waals surface area contributed by atoms with Crippen molar-refractivity contribution in [2.24, 2.45) is 0 Å². The summed E-state index contributed by atoms with van der Waals surface area (Å²) in [4.78, 5) is 15.8. The van der Waals surface area contributed by atoms with Gasteiger partial charge in [0.05, 0.1) is 18.5 Å². The number of pyridine rings is 1. The van der Waals surface area contributed by atoms with Gasteiger partial charge in [-0.15, -0.1) is 0 Å². The molecule has 1 heterocycles. The highest BCUT2D eigenvalue weighted by Crippen LogP contribution is 2.13. The second-order valence-corrected chi connectivity index (χ2v) is 7.05. The molecule has 0 aromatic carbocycles. The van der Waals surface area contributed by atoms with E-state index >= 15 is 0 Å².